The summed E-state index contributed by atoms with van der Waals surface area (Å²) < 4.78 is 53.0. The summed E-state index contributed by atoms with van der Waals surface area (Å²) in [5.74, 6) is 0.122. The topological polar surface area (TPSA) is 114 Å². The summed E-state index contributed by atoms with van der Waals surface area (Å²) in [5, 5.41) is 2.93. The first-order chi connectivity index (χ1) is 16.6. The molecular weight excluding hydrogens is 506 g/mol. The zero-order valence-corrected chi connectivity index (χ0v) is 22.0. The van der Waals surface area contributed by atoms with Gasteiger partial charge >= 0.3 is 0 Å². The molecule has 0 aliphatic carbocycles. The van der Waals surface area contributed by atoms with Crippen molar-refractivity contribution in [3.05, 3.63) is 59.7 Å². The smallest absolute Gasteiger partial charge is 0.233 e. The van der Waals surface area contributed by atoms with Crippen LogP contribution >= 0.6 is 11.3 Å². The van der Waals surface area contributed by atoms with E-state index in [1.54, 1.807) is 29.2 Å². The number of carbonyl (C=O) groups is 1. The molecule has 11 heteroatoms. The lowest BCUT2D eigenvalue weighted by Gasteiger charge is -2.15. The highest BCUT2D eigenvalue weighted by molar-refractivity contribution is 7.94. The van der Waals surface area contributed by atoms with E-state index in [2.05, 4.69) is 10.3 Å². The van der Waals surface area contributed by atoms with Gasteiger partial charge in [-0.05, 0) is 51.0 Å². The Morgan fingerprint density at radius 1 is 0.914 bits per heavy atom. The third-order valence-electron chi connectivity index (χ3n) is 5.79. The largest absolute Gasteiger partial charge is 0.374 e. The van der Waals surface area contributed by atoms with Crippen LogP contribution in [0.1, 0.15) is 30.4 Å². The monoisotopic (exact) mass is 533 g/mol. The summed E-state index contributed by atoms with van der Waals surface area (Å²) >= 11 is 0.804. The zero-order chi connectivity index (χ0) is 25.2. The van der Waals surface area contributed by atoms with E-state index in [9.17, 15) is 21.6 Å². The van der Waals surface area contributed by atoms with Crippen LogP contribution in [0.15, 0.2) is 67.7 Å². The summed E-state index contributed by atoms with van der Waals surface area (Å²) in [6.07, 6.45) is 2.00. The molecule has 1 aliphatic heterocycles. The first kappa shape index (κ1) is 25.3. The van der Waals surface area contributed by atoms with Gasteiger partial charge in [-0.25, -0.2) is 21.8 Å². The average Bonchev–Trinajstić information content (AvgIpc) is 3.44. The number of nitrogens with one attached hydrogen (secondary N) is 1. The molecule has 3 aromatic rings. The van der Waals surface area contributed by atoms with E-state index in [-0.39, 0.29) is 30.1 Å². The minimum Gasteiger partial charge on any atom is -0.374 e. The van der Waals surface area contributed by atoms with Gasteiger partial charge < -0.3 is 10.2 Å². The van der Waals surface area contributed by atoms with Crippen molar-refractivity contribution in [1.82, 2.24) is 9.88 Å². The van der Waals surface area contributed by atoms with Gasteiger partial charge in [0.1, 0.15) is 5.00 Å². The van der Waals surface area contributed by atoms with Crippen LogP contribution in [-0.4, -0.2) is 52.3 Å². The van der Waals surface area contributed by atoms with Gasteiger partial charge in [0, 0.05) is 26.1 Å². The first-order valence-electron chi connectivity index (χ1n) is 11.2. The number of thiazole rings is 1. The number of likely N-dealkylation sites (tertiary alicyclic amines) is 1. The van der Waals surface area contributed by atoms with E-state index in [0.717, 1.165) is 35.4 Å². The second kappa shape index (κ2) is 10.1. The number of hydrogen-bond acceptors (Lipinski definition) is 8. The molecule has 0 atom stereocenters. The molecule has 1 N–H and O–H groups in total. The minimum atomic E-state index is -4.07. The van der Waals surface area contributed by atoms with Crippen LogP contribution in [0, 0.1) is 13.8 Å². The van der Waals surface area contributed by atoms with Gasteiger partial charge in [0.25, 0.3) is 0 Å². The van der Waals surface area contributed by atoms with Gasteiger partial charge in [0.2, 0.25) is 29.9 Å². The van der Waals surface area contributed by atoms with Crippen LogP contribution in [0.3, 0.4) is 0 Å². The van der Waals surface area contributed by atoms with Gasteiger partial charge in [0.15, 0.2) is 5.03 Å². The number of amides is 1. The SMILES string of the molecule is Cc1ccc(S(=O)(=O)c2nc(S(=O)(=O)c3ccc(C)cc3)c(NCCCN3CCCC3=O)s2)cc1. The van der Waals surface area contributed by atoms with Crippen molar-refractivity contribution in [3.63, 3.8) is 0 Å². The predicted molar refractivity (Wildman–Crippen MR) is 134 cm³/mol. The number of benzene rings is 2. The minimum absolute atomic E-state index is 0.0402. The quantitative estimate of drug-likeness (QED) is 0.416. The Morgan fingerprint density at radius 3 is 2.03 bits per heavy atom. The third-order valence-corrected chi connectivity index (χ3v) is 10.8. The molecule has 1 fully saturated rings. The summed E-state index contributed by atoms with van der Waals surface area (Å²) in [7, 11) is -8.08. The van der Waals surface area contributed by atoms with Crippen molar-refractivity contribution in [2.45, 2.75) is 52.3 Å². The lowest BCUT2D eigenvalue weighted by Crippen LogP contribution is -2.27. The fraction of sp³-hybridized carbons (Fsp3) is 0.333. The fourth-order valence-electron chi connectivity index (χ4n) is 3.76. The number of aryl methyl sites for hydroxylation is 2. The molecule has 0 unspecified atom stereocenters. The van der Waals surface area contributed by atoms with E-state index in [0.29, 0.717) is 25.9 Å². The second-order valence-corrected chi connectivity index (χ2v) is 13.5. The molecule has 0 radical (unpaired) electrons. The molecule has 2 heterocycles. The molecule has 0 saturated carbocycles. The van der Waals surface area contributed by atoms with Crippen molar-refractivity contribution in [2.75, 3.05) is 25.0 Å². The van der Waals surface area contributed by atoms with E-state index >= 15 is 0 Å². The normalized spacial score (nSPS) is 14.5. The number of rotatable bonds is 9. The molecule has 2 aromatic carbocycles. The van der Waals surface area contributed by atoms with Crippen molar-refractivity contribution < 1.29 is 21.6 Å². The lowest BCUT2D eigenvalue weighted by atomic mass is 10.2. The Kier molecular flexibility index (Phi) is 7.30. The summed E-state index contributed by atoms with van der Waals surface area (Å²) in [6, 6.07) is 12.7. The third kappa shape index (κ3) is 5.41. The van der Waals surface area contributed by atoms with Gasteiger partial charge in [-0.1, -0.05) is 46.7 Å². The molecule has 0 bridgehead atoms. The Bertz CT molecular complexity index is 1430. The molecule has 1 aliphatic rings. The molecule has 1 amide bonds. The van der Waals surface area contributed by atoms with Crippen molar-refractivity contribution >= 4 is 41.9 Å². The van der Waals surface area contributed by atoms with Crippen LogP contribution in [0.25, 0.3) is 0 Å². The van der Waals surface area contributed by atoms with Crippen LogP contribution in [-0.2, 0) is 24.5 Å². The lowest BCUT2D eigenvalue weighted by molar-refractivity contribution is -0.127. The fourth-order valence-corrected chi connectivity index (χ4v) is 8.07. The van der Waals surface area contributed by atoms with Crippen molar-refractivity contribution in [3.8, 4) is 0 Å². The van der Waals surface area contributed by atoms with Crippen molar-refractivity contribution in [1.29, 1.82) is 0 Å². The van der Waals surface area contributed by atoms with Crippen LogP contribution < -0.4 is 5.32 Å². The maximum Gasteiger partial charge on any atom is 0.233 e. The van der Waals surface area contributed by atoms with E-state index in [4.69, 9.17) is 0 Å². The second-order valence-electron chi connectivity index (χ2n) is 8.51. The number of sulfone groups is 2. The first-order valence-corrected chi connectivity index (χ1v) is 15.0. The number of nitrogens with zero attached hydrogens (tertiary/aromatic N) is 2. The molecular formula is C24H27N3O5S3. The molecule has 35 heavy (non-hydrogen) atoms. The molecule has 186 valence electrons. The summed E-state index contributed by atoms with van der Waals surface area (Å²) in [5.41, 5.74) is 1.81. The van der Waals surface area contributed by atoms with Crippen LogP contribution in [0.2, 0.25) is 0 Å². The Hall–Kier alpha value is -2.76. The number of hydrogen-bond donors (Lipinski definition) is 1. The Morgan fingerprint density at radius 2 is 1.49 bits per heavy atom. The maximum absolute atomic E-state index is 13.4. The number of carbonyl (C=O) groups excluding carboxylic acids is 1. The van der Waals surface area contributed by atoms with Crippen LogP contribution in [0.5, 0.6) is 0 Å². The average molecular weight is 534 g/mol. The molecule has 8 nitrogen and oxygen atoms in total. The number of anilines is 1. The van der Waals surface area contributed by atoms with Gasteiger partial charge in [-0.2, -0.15) is 0 Å². The van der Waals surface area contributed by atoms with Gasteiger partial charge in [0.05, 0.1) is 9.79 Å². The Labute approximate surface area is 209 Å². The van der Waals surface area contributed by atoms with Gasteiger partial charge in [-0.3, -0.25) is 4.79 Å². The summed E-state index contributed by atoms with van der Waals surface area (Å²) in [4.78, 5) is 17.8. The molecule has 0 spiro atoms. The summed E-state index contributed by atoms with van der Waals surface area (Å²) in [6.45, 7) is 5.35. The van der Waals surface area contributed by atoms with E-state index in [1.165, 1.54) is 24.3 Å². The van der Waals surface area contributed by atoms with Crippen LogP contribution in [0.4, 0.5) is 5.00 Å². The highest BCUT2D eigenvalue weighted by Crippen LogP contribution is 2.36. The van der Waals surface area contributed by atoms with Gasteiger partial charge in [-0.15, -0.1) is 0 Å². The highest BCUT2D eigenvalue weighted by atomic mass is 32.2. The van der Waals surface area contributed by atoms with E-state index < -0.39 is 19.7 Å². The molecule has 1 saturated heterocycles. The highest BCUT2D eigenvalue weighted by Gasteiger charge is 2.31. The predicted octanol–water partition coefficient (Wildman–Crippen LogP) is 3.85. The number of aromatic nitrogens is 1. The standard InChI is InChI=1S/C24H27N3O5S3/c1-17-6-10-19(11-7-17)34(29,30)23-22(25-14-4-16-27-15-3-5-21(27)28)33-24(26-23)35(31,32)20-12-8-18(2)9-13-20/h6-13,25H,3-5,14-16H2,1-2H3. The maximum atomic E-state index is 13.4. The van der Waals surface area contributed by atoms with Crippen molar-refractivity contribution in [2.24, 2.45) is 0 Å². The van der Waals surface area contributed by atoms with E-state index in [1.807, 2.05) is 13.8 Å². The molecule has 4 rings (SSSR count). The molecule has 1 aromatic heterocycles. The zero-order valence-electron chi connectivity index (χ0n) is 19.5. The Balaban J connectivity index is 1.66.